The van der Waals surface area contributed by atoms with Gasteiger partial charge in [0, 0.05) is 18.0 Å². The molecule has 3 aromatic rings. The zero-order valence-corrected chi connectivity index (χ0v) is 16.9. The van der Waals surface area contributed by atoms with Crippen molar-refractivity contribution in [3.8, 4) is 17.4 Å². The van der Waals surface area contributed by atoms with Crippen LogP contribution in [0.15, 0.2) is 66.9 Å². The van der Waals surface area contributed by atoms with Crippen LogP contribution in [0.2, 0.25) is 0 Å². The molecule has 1 heterocycles. The largest absolute Gasteiger partial charge is 0.481 e. The van der Waals surface area contributed by atoms with E-state index in [0.717, 1.165) is 36.4 Å². The van der Waals surface area contributed by atoms with Crippen LogP contribution in [0.3, 0.4) is 0 Å². The van der Waals surface area contributed by atoms with Crippen LogP contribution in [0.4, 0.5) is 32.0 Å². The Balaban J connectivity index is 1.55. The quantitative estimate of drug-likeness (QED) is 0.429. The van der Waals surface area contributed by atoms with Gasteiger partial charge in [0.05, 0.1) is 11.1 Å². The molecule has 0 spiro atoms. The van der Waals surface area contributed by atoms with E-state index < -0.39 is 35.5 Å². The van der Waals surface area contributed by atoms with Crippen LogP contribution >= 0.6 is 0 Å². The smallest absolute Gasteiger partial charge is 0.417 e. The lowest BCUT2D eigenvalue weighted by atomic mass is 10.2. The molecule has 0 saturated heterocycles. The molecule has 0 fully saturated rings. The number of aromatic nitrogens is 1. The maximum atomic E-state index is 12.6. The average Bonchev–Trinajstić information content (AvgIpc) is 2.74. The van der Waals surface area contributed by atoms with Gasteiger partial charge in [-0.25, -0.2) is 4.98 Å². The molecular formula is C22H16F6N2O3. The molecule has 1 aromatic heterocycles. The van der Waals surface area contributed by atoms with Crippen LogP contribution in [0.25, 0.3) is 0 Å². The first-order valence-corrected chi connectivity index (χ1v) is 9.38. The number of anilines is 1. The van der Waals surface area contributed by atoms with Crippen molar-refractivity contribution in [3.63, 3.8) is 0 Å². The van der Waals surface area contributed by atoms with E-state index in [4.69, 9.17) is 9.47 Å². The molecule has 2 aromatic carbocycles. The molecule has 1 atom stereocenters. The number of amides is 1. The predicted octanol–water partition coefficient (Wildman–Crippen LogP) is 6.32. The minimum absolute atomic E-state index is 0.0408. The minimum atomic E-state index is -4.50. The first-order valence-electron chi connectivity index (χ1n) is 9.38. The van der Waals surface area contributed by atoms with Gasteiger partial charge in [-0.2, -0.15) is 26.3 Å². The number of hydrogen-bond donors (Lipinski definition) is 1. The zero-order valence-electron chi connectivity index (χ0n) is 16.9. The summed E-state index contributed by atoms with van der Waals surface area (Å²) in [6.07, 6.45) is -9.29. The summed E-state index contributed by atoms with van der Waals surface area (Å²) < 4.78 is 86.4. The second kappa shape index (κ2) is 9.39. The summed E-state index contributed by atoms with van der Waals surface area (Å²) in [5.41, 5.74) is -1.56. The van der Waals surface area contributed by atoms with Gasteiger partial charge < -0.3 is 14.8 Å². The summed E-state index contributed by atoms with van der Waals surface area (Å²) in [6.45, 7) is 1.45. The van der Waals surface area contributed by atoms with Crippen molar-refractivity contribution in [2.24, 2.45) is 0 Å². The highest BCUT2D eigenvalue weighted by Gasteiger charge is 2.31. The topological polar surface area (TPSA) is 60.5 Å². The maximum absolute atomic E-state index is 12.6. The number of nitrogens with zero attached hydrogens (tertiary/aromatic N) is 1. The third kappa shape index (κ3) is 6.61. The fourth-order valence-electron chi connectivity index (χ4n) is 2.56. The molecular weight excluding hydrogens is 454 g/mol. The van der Waals surface area contributed by atoms with E-state index in [2.05, 4.69) is 10.3 Å². The number of carbonyl (C=O) groups is 1. The molecule has 1 N–H and O–H groups in total. The van der Waals surface area contributed by atoms with E-state index in [1.165, 1.54) is 31.2 Å². The summed E-state index contributed by atoms with van der Waals surface area (Å²) in [7, 11) is 0. The number of pyridine rings is 1. The molecule has 0 aliphatic rings. The van der Waals surface area contributed by atoms with Gasteiger partial charge in [0.15, 0.2) is 6.10 Å². The van der Waals surface area contributed by atoms with E-state index in [1.54, 1.807) is 0 Å². The van der Waals surface area contributed by atoms with Gasteiger partial charge in [0.1, 0.15) is 11.5 Å². The molecule has 5 nitrogen and oxygen atoms in total. The molecule has 0 saturated carbocycles. The fraction of sp³-hybridized carbons (Fsp3) is 0.182. The second-order valence-electron chi connectivity index (χ2n) is 6.78. The van der Waals surface area contributed by atoms with Crippen LogP contribution in [-0.4, -0.2) is 17.0 Å². The van der Waals surface area contributed by atoms with Gasteiger partial charge in [0.2, 0.25) is 5.88 Å². The van der Waals surface area contributed by atoms with Crippen molar-refractivity contribution in [2.45, 2.75) is 25.4 Å². The van der Waals surface area contributed by atoms with Gasteiger partial charge in [-0.3, -0.25) is 4.79 Å². The molecule has 33 heavy (non-hydrogen) atoms. The second-order valence-corrected chi connectivity index (χ2v) is 6.78. The Bertz CT molecular complexity index is 1080. The van der Waals surface area contributed by atoms with Crippen LogP contribution in [0, 0.1) is 0 Å². The highest BCUT2D eigenvalue weighted by Crippen LogP contribution is 2.31. The predicted molar refractivity (Wildman–Crippen MR) is 106 cm³/mol. The van der Waals surface area contributed by atoms with Crippen molar-refractivity contribution in [1.82, 2.24) is 4.98 Å². The standard InChI is InChI=1S/C22H16F6N2O3/c1-13(20(31)30-16-5-2-14(3-6-16)21(23,24)25)32-17-7-9-18(10-8-17)33-19-11-4-15(12-29-19)22(26,27)28/h2-13H,1H3,(H,30,31). The third-order valence-corrected chi connectivity index (χ3v) is 4.27. The lowest BCUT2D eigenvalue weighted by Gasteiger charge is -2.15. The van der Waals surface area contributed by atoms with E-state index in [0.29, 0.717) is 6.20 Å². The fourth-order valence-corrected chi connectivity index (χ4v) is 2.56. The lowest BCUT2D eigenvalue weighted by molar-refractivity contribution is -0.138. The lowest BCUT2D eigenvalue weighted by Crippen LogP contribution is -2.30. The van der Waals surface area contributed by atoms with Crippen molar-refractivity contribution >= 4 is 11.6 Å². The number of alkyl halides is 6. The number of nitrogens with one attached hydrogen (secondary N) is 1. The molecule has 11 heteroatoms. The molecule has 0 aliphatic carbocycles. The Morgan fingerprint density at radius 2 is 1.36 bits per heavy atom. The van der Waals surface area contributed by atoms with Gasteiger partial charge >= 0.3 is 12.4 Å². The number of carbonyl (C=O) groups excluding carboxylic acids is 1. The van der Waals surface area contributed by atoms with Crippen molar-refractivity contribution in [1.29, 1.82) is 0 Å². The van der Waals surface area contributed by atoms with E-state index in [9.17, 15) is 31.1 Å². The number of rotatable bonds is 6. The Morgan fingerprint density at radius 3 is 1.88 bits per heavy atom. The zero-order chi connectivity index (χ0) is 24.2. The molecule has 1 amide bonds. The maximum Gasteiger partial charge on any atom is 0.417 e. The number of ether oxygens (including phenoxy) is 2. The van der Waals surface area contributed by atoms with Crippen LogP contribution < -0.4 is 14.8 Å². The van der Waals surface area contributed by atoms with Crippen molar-refractivity contribution in [2.75, 3.05) is 5.32 Å². The number of hydrogen-bond acceptors (Lipinski definition) is 4. The van der Waals surface area contributed by atoms with Gasteiger partial charge in [0.25, 0.3) is 5.91 Å². The van der Waals surface area contributed by atoms with E-state index >= 15 is 0 Å². The Hall–Kier alpha value is -3.76. The van der Waals surface area contributed by atoms with Gasteiger partial charge in [-0.15, -0.1) is 0 Å². The minimum Gasteiger partial charge on any atom is -0.481 e. The molecule has 3 rings (SSSR count). The summed E-state index contributed by atoms with van der Waals surface area (Å²) in [5.74, 6) is -0.0562. The Morgan fingerprint density at radius 1 is 0.818 bits per heavy atom. The van der Waals surface area contributed by atoms with E-state index in [1.807, 2.05) is 0 Å². The molecule has 0 aliphatic heterocycles. The third-order valence-electron chi connectivity index (χ3n) is 4.27. The first-order chi connectivity index (χ1) is 15.4. The Labute approximate surface area is 184 Å². The summed E-state index contributed by atoms with van der Waals surface area (Å²) in [5, 5.41) is 2.46. The summed E-state index contributed by atoms with van der Waals surface area (Å²) >= 11 is 0. The normalized spacial score (nSPS) is 12.7. The first kappa shape index (κ1) is 23.9. The SMILES string of the molecule is CC(Oc1ccc(Oc2ccc(C(F)(F)F)cn2)cc1)C(=O)Nc1ccc(C(F)(F)F)cc1. The Kier molecular flexibility index (Phi) is 6.80. The van der Waals surface area contributed by atoms with Crippen molar-refractivity contribution < 1.29 is 40.6 Å². The van der Waals surface area contributed by atoms with Gasteiger partial charge in [-0.1, -0.05) is 0 Å². The highest BCUT2D eigenvalue weighted by molar-refractivity contribution is 5.94. The van der Waals surface area contributed by atoms with E-state index in [-0.39, 0.29) is 23.1 Å². The number of halogens is 6. The monoisotopic (exact) mass is 470 g/mol. The van der Waals surface area contributed by atoms with Crippen molar-refractivity contribution in [3.05, 3.63) is 78.0 Å². The average molecular weight is 470 g/mol. The van der Waals surface area contributed by atoms with Crippen LogP contribution in [-0.2, 0) is 17.1 Å². The highest BCUT2D eigenvalue weighted by atomic mass is 19.4. The number of benzene rings is 2. The van der Waals surface area contributed by atoms with Gasteiger partial charge in [-0.05, 0) is 61.5 Å². The van der Waals surface area contributed by atoms with Crippen LogP contribution in [0.5, 0.6) is 17.4 Å². The molecule has 0 radical (unpaired) electrons. The molecule has 0 bridgehead atoms. The molecule has 1 unspecified atom stereocenters. The summed E-state index contributed by atoms with van der Waals surface area (Å²) in [4.78, 5) is 15.8. The van der Waals surface area contributed by atoms with Crippen LogP contribution in [0.1, 0.15) is 18.1 Å². The molecule has 174 valence electrons. The summed E-state index contributed by atoms with van der Waals surface area (Å²) in [6, 6.07) is 11.8.